The van der Waals surface area contributed by atoms with E-state index in [2.05, 4.69) is 9.97 Å². The molecule has 1 N–H and O–H groups in total. The van der Waals surface area contributed by atoms with E-state index in [1.165, 1.54) is 50.6 Å². The molecule has 2 aliphatic carbocycles. The first-order valence-electron chi connectivity index (χ1n) is 6.43. The molecule has 2 aliphatic rings. The fraction of sp³-hybridized carbons (Fsp3) is 0.769. The van der Waals surface area contributed by atoms with Gasteiger partial charge in [-0.2, -0.15) is 0 Å². The van der Waals surface area contributed by atoms with Crippen LogP contribution in [0.25, 0.3) is 0 Å². The van der Waals surface area contributed by atoms with Crippen LogP contribution in [0.2, 0.25) is 0 Å². The Balaban J connectivity index is 1.82. The number of nitrogens with one attached hydrogen (secondary N) is 1. The normalized spacial score (nSPS) is 36.1. The van der Waals surface area contributed by atoms with Gasteiger partial charge in [0.2, 0.25) is 0 Å². The van der Waals surface area contributed by atoms with Gasteiger partial charge in [0.25, 0.3) is 0 Å². The summed E-state index contributed by atoms with van der Waals surface area (Å²) in [5, 5.41) is 0. The van der Waals surface area contributed by atoms with E-state index < -0.39 is 0 Å². The molecule has 0 bridgehead atoms. The minimum absolute atomic E-state index is 0.784. The van der Waals surface area contributed by atoms with Crippen molar-refractivity contribution in [1.82, 2.24) is 9.97 Å². The molecule has 1 aromatic heterocycles. The number of rotatable bonds is 1. The molecule has 0 radical (unpaired) electrons. The van der Waals surface area contributed by atoms with Gasteiger partial charge in [0.15, 0.2) is 0 Å². The van der Waals surface area contributed by atoms with E-state index in [1.807, 2.05) is 12.5 Å². The van der Waals surface area contributed by atoms with Crippen LogP contribution < -0.4 is 0 Å². The van der Waals surface area contributed by atoms with Gasteiger partial charge in [-0.1, -0.05) is 32.1 Å². The first-order chi connectivity index (χ1) is 7.45. The number of hydrogen-bond acceptors (Lipinski definition) is 1. The summed E-state index contributed by atoms with van der Waals surface area (Å²) in [6, 6.07) is 0. The van der Waals surface area contributed by atoms with Crippen molar-refractivity contribution in [1.29, 1.82) is 0 Å². The van der Waals surface area contributed by atoms with Gasteiger partial charge in [0, 0.05) is 17.8 Å². The number of hydrogen-bond donors (Lipinski definition) is 1. The lowest BCUT2D eigenvalue weighted by atomic mass is 9.65. The SMILES string of the molecule is c1ncc(C2CCCC3CCCCC32)[nH]1. The quantitative estimate of drug-likeness (QED) is 0.745. The zero-order chi connectivity index (χ0) is 10.1. The van der Waals surface area contributed by atoms with E-state index in [1.54, 1.807) is 0 Å². The third-order valence-corrected chi connectivity index (χ3v) is 4.49. The van der Waals surface area contributed by atoms with Crippen LogP contribution in [-0.2, 0) is 0 Å². The van der Waals surface area contributed by atoms with Gasteiger partial charge in [-0.15, -0.1) is 0 Å². The Morgan fingerprint density at radius 1 is 1.07 bits per heavy atom. The molecule has 3 rings (SSSR count). The molecule has 2 nitrogen and oxygen atoms in total. The minimum Gasteiger partial charge on any atom is -0.348 e. The summed E-state index contributed by atoms with van der Waals surface area (Å²) in [6.07, 6.45) is 14.0. The largest absolute Gasteiger partial charge is 0.348 e. The van der Waals surface area contributed by atoms with E-state index in [0.717, 1.165) is 17.8 Å². The smallest absolute Gasteiger partial charge is 0.0921 e. The van der Waals surface area contributed by atoms with Crippen molar-refractivity contribution in [3.05, 3.63) is 18.2 Å². The van der Waals surface area contributed by atoms with Gasteiger partial charge in [0.1, 0.15) is 0 Å². The Hall–Kier alpha value is -0.790. The Morgan fingerprint density at radius 3 is 2.80 bits per heavy atom. The Bertz CT molecular complexity index is 302. The number of nitrogens with zero attached hydrogens (tertiary/aromatic N) is 1. The van der Waals surface area contributed by atoms with Crippen molar-refractivity contribution >= 4 is 0 Å². The topological polar surface area (TPSA) is 28.7 Å². The van der Waals surface area contributed by atoms with E-state index in [4.69, 9.17) is 0 Å². The van der Waals surface area contributed by atoms with Crippen LogP contribution in [0.4, 0.5) is 0 Å². The second-order valence-corrected chi connectivity index (χ2v) is 5.25. The highest BCUT2D eigenvalue weighted by Gasteiger charge is 2.35. The third-order valence-electron chi connectivity index (χ3n) is 4.49. The number of aromatic amines is 1. The molecule has 2 heteroatoms. The lowest BCUT2D eigenvalue weighted by Gasteiger charge is -2.41. The second kappa shape index (κ2) is 3.99. The second-order valence-electron chi connectivity index (χ2n) is 5.25. The highest BCUT2D eigenvalue weighted by molar-refractivity contribution is 5.08. The fourth-order valence-electron chi connectivity index (χ4n) is 3.79. The van der Waals surface area contributed by atoms with Crippen LogP contribution in [0.1, 0.15) is 56.6 Å². The lowest BCUT2D eigenvalue weighted by molar-refractivity contribution is 0.142. The minimum atomic E-state index is 0.784. The van der Waals surface area contributed by atoms with Gasteiger partial charge >= 0.3 is 0 Å². The third kappa shape index (κ3) is 1.70. The summed E-state index contributed by atoms with van der Waals surface area (Å²) < 4.78 is 0. The highest BCUT2D eigenvalue weighted by Crippen LogP contribution is 2.47. The van der Waals surface area contributed by atoms with Gasteiger partial charge in [-0.3, -0.25) is 0 Å². The molecule has 0 amide bonds. The monoisotopic (exact) mass is 204 g/mol. The summed E-state index contributed by atoms with van der Waals surface area (Å²) in [5.41, 5.74) is 1.40. The standard InChI is InChI=1S/C13H20N2/c1-2-6-11-10(4-1)5-3-7-12(11)13-8-14-9-15-13/h8-12H,1-7H2,(H,14,15). The van der Waals surface area contributed by atoms with Crippen molar-refractivity contribution in [2.75, 3.05) is 0 Å². The summed E-state index contributed by atoms with van der Waals surface area (Å²) in [6.45, 7) is 0. The average Bonchev–Trinajstić information content (AvgIpc) is 2.82. The first-order valence-corrected chi connectivity index (χ1v) is 6.43. The summed E-state index contributed by atoms with van der Waals surface area (Å²) >= 11 is 0. The molecular weight excluding hydrogens is 184 g/mol. The zero-order valence-corrected chi connectivity index (χ0v) is 9.28. The van der Waals surface area contributed by atoms with E-state index in [-0.39, 0.29) is 0 Å². The Morgan fingerprint density at radius 2 is 1.93 bits per heavy atom. The van der Waals surface area contributed by atoms with Crippen LogP contribution in [0.15, 0.2) is 12.5 Å². The van der Waals surface area contributed by atoms with Crippen LogP contribution >= 0.6 is 0 Å². The van der Waals surface area contributed by atoms with Crippen LogP contribution in [0, 0.1) is 11.8 Å². The molecule has 3 unspecified atom stereocenters. The van der Waals surface area contributed by atoms with Crippen molar-refractivity contribution in [2.24, 2.45) is 11.8 Å². The molecule has 1 heterocycles. The van der Waals surface area contributed by atoms with Crippen LogP contribution in [0.5, 0.6) is 0 Å². The number of H-pyrrole nitrogens is 1. The molecule has 1 aromatic rings. The van der Waals surface area contributed by atoms with Gasteiger partial charge in [-0.25, -0.2) is 4.98 Å². The maximum Gasteiger partial charge on any atom is 0.0921 e. The highest BCUT2D eigenvalue weighted by atomic mass is 14.9. The van der Waals surface area contributed by atoms with Crippen molar-refractivity contribution in [2.45, 2.75) is 50.9 Å². The van der Waals surface area contributed by atoms with Gasteiger partial charge in [-0.05, 0) is 24.7 Å². The number of aromatic nitrogens is 2. The van der Waals surface area contributed by atoms with Crippen LogP contribution in [0.3, 0.4) is 0 Å². The molecular formula is C13H20N2. The lowest BCUT2D eigenvalue weighted by Crippen LogP contribution is -2.29. The molecule has 3 atom stereocenters. The zero-order valence-electron chi connectivity index (χ0n) is 9.28. The van der Waals surface area contributed by atoms with Crippen molar-refractivity contribution < 1.29 is 0 Å². The van der Waals surface area contributed by atoms with Crippen molar-refractivity contribution in [3.8, 4) is 0 Å². The van der Waals surface area contributed by atoms with Crippen LogP contribution in [-0.4, -0.2) is 9.97 Å². The van der Waals surface area contributed by atoms with Gasteiger partial charge < -0.3 is 4.98 Å². The molecule has 0 aromatic carbocycles. The van der Waals surface area contributed by atoms with E-state index >= 15 is 0 Å². The Kier molecular flexibility index (Phi) is 2.51. The summed E-state index contributed by atoms with van der Waals surface area (Å²) in [7, 11) is 0. The summed E-state index contributed by atoms with van der Waals surface area (Å²) in [4.78, 5) is 7.51. The molecule has 0 saturated heterocycles. The maximum atomic E-state index is 4.18. The van der Waals surface area contributed by atoms with Crippen molar-refractivity contribution in [3.63, 3.8) is 0 Å². The van der Waals surface area contributed by atoms with E-state index in [9.17, 15) is 0 Å². The first kappa shape index (κ1) is 9.44. The average molecular weight is 204 g/mol. The maximum absolute atomic E-state index is 4.18. The molecule has 15 heavy (non-hydrogen) atoms. The number of fused-ring (bicyclic) bond motifs is 1. The fourth-order valence-corrected chi connectivity index (χ4v) is 3.79. The molecule has 0 spiro atoms. The molecule has 2 fully saturated rings. The predicted octanol–water partition coefficient (Wildman–Crippen LogP) is 3.48. The summed E-state index contributed by atoms with van der Waals surface area (Å²) in [5.74, 6) is 2.75. The van der Waals surface area contributed by atoms with E-state index in [0.29, 0.717) is 0 Å². The molecule has 2 saturated carbocycles. The molecule has 82 valence electrons. The van der Waals surface area contributed by atoms with Gasteiger partial charge in [0.05, 0.1) is 6.33 Å². The predicted molar refractivity (Wildman–Crippen MR) is 60.6 cm³/mol. The Labute approximate surface area is 91.5 Å². The number of imidazole rings is 1. The molecule has 0 aliphatic heterocycles.